The molecule has 0 aliphatic heterocycles. The van der Waals surface area contributed by atoms with Gasteiger partial charge in [0.25, 0.3) is 0 Å². The van der Waals surface area contributed by atoms with Crippen molar-refractivity contribution in [2.24, 2.45) is 0 Å². The first kappa shape index (κ1) is 38.2. The molecule has 7 heteroatoms. The molecule has 3 unspecified atom stereocenters. The topological polar surface area (TPSA) is 76.1 Å². The van der Waals surface area contributed by atoms with Gasteiger partial charge >= 0.3 is 11.9 Å². The predicted octanol–water partition coefficient (Wildman–Crippen LogP) is 7.60. The van der Waals surface area contributed by atoms with Gasteiger partial charge < -0.3 is 14.6 Å². The number of ether oxygens (including phenoxy) is 2. The van der Waals surface area contributed by atoms with Gasteiger partial charge in [0.2, 0.25) is 0 Å². The zero-order valence-corrected chi connectivity index (χ0v) is 26.4. The van der Waals surface area contributed by atoms with Crippen molar-refractivity contribution in [2.75, 3.05) is 27.7 Å². The third-order valence-corrected chi connectivity index (χ3v) is 6.91. The number of hydrogen-bond donors (Lipinski definition) is 1. The molecule has 0 amide bonds. The highest BCUT2D eigenvalue weighted by Gasteiger charge is 2.27. The minimum atomic E-state index is -0.887. The first-order valence-electron chi connectivity index (χ1n) is 14.6. The Morgan fingerprint density at radius 3 is 1.70 bits per heavy atom. The molecule has 0 heterocycles. The second-order valence-corrected chi connectivity index (χ2v) is 11.1. The van der Waals surface area contributed by atoms with Crippen LogP contribution in [-0.4, -0.2) is 66.7 Å². The molecular weight excluding hydrogens is 534 g/mol. The number of carbonyl (C=O) groups excluding carboxylic acids is 2. The van der Waals surface area contributed by atoms with Crippen LogP contribution in [0.15, 0.2) is 12.2 Å². The van der Waals surface area contributed by atoms with E-state index in [1.165, 1.54) is 77.7 Å². The van der Waals surface area contributed by atoms with Gasteiger partial charge in [-0.25, -0.2) is 0 Å². The number of unbranched alkanes of at least 4 members (excludes halogenated alkanes) is 12. The average Bonchev–Trinajstić information content (AvgIpc) is 2.86. The monoisotopic (exact) mass is 591 g/mol. The van der Waals surface area contributed by atoms with Crippen LogP contribution < -0.4 is 0 Å². The number of aliphatic hydroxyl groups is 1. The maximum Gasteiger partial charge on any atom is 0.320 e. The van der Waals surface area contributed by atoms with Crippen molar-refractivity contribution in [3.8, 4) is 0 Å². The van der Waals surface area contributed by atoms with Crippen LogP contribution in [0.1, 0.15) is 124 Å². The van der Waals surface area contributed by atoms with Gasteiger partial charge in [0, 0.05) is 0 Å². The van der Waals surface area contributed by atoms with E-state index in [4.69, 9.17) is 4.74 Å². The van der Waals surface area contributed by atoms with Crippen LogP contribution in [0.4, 0.5) is 0 Å². The smallest absolute Gasteiger partial charge is 0.320 e. The van der Waals surface area contributed by atoms with Gasteiger partial charge in [-0.2, -0.15) is 0 Å². The zero-order chi connectivity index (χ0) is 28.3. The van der Waals surface area contributed by atoms with E-state index in [-0.39, 0.29) is 24.9 Å². The number of likely N-dealkylation sites (N-methyl/N-ethyl adjacent to an activating group) is 1. The van der Waals surface area contributed by atoms with Crippen LogP contribution in [0.5, 0.6) is 0 Å². The Hall–Kier alpha value is -0.920. The number of esters is 2. The van der Waals surface area contributed by atoms with Crippen molar-refractivity contribution in [3.05, 3.63) is 12.2 Å². The first-order chi connectivity index (χ1) is 17.7. The Labute approximate surface area is 237 Å². The molecule has 220 valence electrons. The van der Waals surface area contributed by atoms with Crippen molar-refractivity contribution < 1.29 is 24.2 Å². The van der Waals surface area contributed by atoms with E-state index in [0.717, 1.165) is 19.3 Å². The molecule has 0 aromatic rings. The van der Waals surface area contributed by atoms with E-state index in [0.29, 0.717) is 6.42 Å². The molecule has 0 saturated heterocycles. The van der Waals surface area contributed by atoms with Gasteiger partial charge in [-0.1, -0.05) is 132 Å². The SMILES string of the molecule is CCCCCC(OC(=O)CN(C)C)C(O)C(Br)/C=C/CC(=O)OC.CCCCCCCCCCCCC. The number of alkyl halides is 1. The van der Waals surface area contributed by atoms with Crippen LogP contribution in [0.25, 0.3) is 0 Å². The summed E-state index contributed by atoms with van der Waals surface area (Å²) < 4.78 is 10.0. The Bertz CT molecular complexity index is 546. The maximum absolute atomic E-state index is 11.9. The third kappa shape index (κ3) is 26.5. The van der Waals surface area contributed by atoms with Crippen LogP contribution in [0, 0.1) is 0 Å². The number of carbonyl (C=O) groups is 2. The van der Waals surface area contributed by atoms with Crippen molar-refractivity contribution in [3.63, 3.8) is 0 Å². The highest BCUT2D eigenvalue weighted by Crippen LogP contribution is 2.19. The number of rotatable bonds is 22. The molecule has 0 aromatic heterocycles. The summed E-state index contributed by atoms with van der Waals surface area (Å²) in [6, 6.07) is 0. The maximum atomic E-state index is 11.9. The number of hydrogen-bond acceptors (Lipinski definition) is 6. The van der Waals surface area contributed by atoms with Crippen LogP contribution in [0.3, 0.4) is 0 Å². The number of halogens is 1. The van der Waals surface area contributed by atoms with Gasteiger partial charge in [-0.15, -0.1) is 0 Å². The zero-order valence-electron chi connectivity index (χ0n) is 24.8. The standard InChI is InChI=1S/C17H30BrNO5.C13H28/c1-5-6-7-10-14(24-16(21)12-19(2)3)17(22)13(18)9-8-11-15(20)23-4;1-3-5-7-9-11-13-12-10-8-6-4-2/h8-9,13-14,17,22H,5-7,10-12H2,1-4H3;3-13H2,1-2H3/b9-8+;. The van der Waals surface area contributed by atoms with E-state index in [1.807, 2.05) is 0 Å². The molecule has 6 nitrogen and oxygen atoms in total. The predicted molar refractivity (Wildman–Crippen MR) is 159 cm³/mol. The minimum Gasteiger partial charge on any atom is -0.469 e. The normalized spacial score (nSPS) is 13.6. The second-order valence-electron chi connectivity index (χ2n) is 10.1. The van der Waals surface area contributed by atoms with Crippen molar-refractivity contribution >= 4 is 27.9 Å². The van der Waals surface area contributed by atoms with Gasteiger partial charge in [-0.3, -0.25) is 14.5 Å². The Morgan fingerprint density at radius 2 is 1.27 bits per heavy atom. The first-order valence-corrected chi connectivity index (χ1v) is 15.5. The summed E-state index contributed by atoms with van der Waals surface area (Å²) in [7, 11) is 4.89. The third-order valence-electron chi connectivity index (χ3n) is 6.07. The van der Waals surface area contributed by atoms with Crippen LogP contribution in [0.2, 0.25) is 0 Å². The fraction of sp³-hybridized carbons (Fsp3) is 0.867. The number of nitrogens with zero attached hydrogens (tertiary/aromatic N) is 1. The molecule has 0 saturated carbocycles. The summed E-state index contributed by atoms with van der Waals surface area (Å²) in [5.74, 6) is -0.712. The Morgan fingerprint density at radius 1 is 0.811 bits per heavy atom. The summed E-state index contributed by atoms with van der Waals surface area (Å²) in [4.78, 5) is 24.3. The quantitative estimate of drug-likeness (QED) is 0.0604. The van der Waals surface area contributed by atoms with E-state index in [2.05, 4.69) is 41.4 Å². The lowest BCUT2D eigenvalue weighted by atomic mass is 10.0. The Kier molecular flexibility index (Phi) is 29.0. The van der Waals surface area contributed by atoms with Crippen molar-refractivity contribution in [2.45, 2.75) is 141 Å². The van der Waals surface area contributed by atoms with Gasteiger partial charge in [-0.05, 0) is 26.9 Å². The average molecular weight is 593 g/mol. The number of methoxy groups -OCH3 is 1. The molecule has 0 aliphatic rings. The van der Waals surface area contributed by atoms with E-state index in [1.54, 1.807) is 31.1 Å². The molecule has 0 fully saturated rings. The lowest BCUT2D eigenvalue weighted by Gasteiger charge is -2.26. The van der Waals surface area contributed by atoms with Gasteiger partial charge in [0.15, 0.2) is 0 Å². The molecule has 0 radical (unpaired) electrons. The lowest BCUT2D eigenvalue weighted by molar-refractivity contribution is -0.156. The van der Waals surface area contributed by atoms with Crippen LogP contribution >= 0.6 is 15.9 Å². The molecule has 0 rings (SSSR count). The molecule has 0 aromatic carbocycles. The molecule has 3 atom stereocenters. The second kappa shape index (κ2) is 28.1. The van der Waals surface area contributed by atoms with E-state index in [9.17, 15) is 14.7 Å². The largest absolute Gasteiger partial charge is 0.469 e. The summed E-state index contributed by atoms with van der Waals surface area (Å²) in [6.45, 7) is 6.82. The lowest BCUT2D eigenvalue weighted by Crippen LogP contribution is -2.39. The Balaban J connectivity index is 0. The summed E-state index contributed by atoms with van der Waals surface area (Å²) >= 11 is 3.38. The molecular formula is C30H58BrNO5. The fourth-order valence-corrected chi connectivity index (χ4v) is 4.35. The fourth-order valence-electron chi connectivity index (χ4n) is 3.79. The van der Waals surface area contributed by atoms with Gasteiger partial charge in [0.05, 0.1) is 24.9 Å². The molecule has 37 heavy (non-hydrogen) atoms. The minimum absolute atomic E-state index is 0.131. The van der Waals surface area contributed by atoms with Crippen LogP contribution in [-0.2, 0) is 19.1 Å². The van der Waals surface area contributed by atoms with Gasteiger partial charge in [0.1, 0.15) is 12.2 Å². The van der Waals surface area contributed by atoms with Crippen molar-refractivity contribution in [1.82, 2.24) is 4.90 Å². The van der Waals surface area contributed by atoms with E-state index < -0.39 is 17.0 Å². The number of aliphatic hydroxyl groups excluding tert-OH is 1. The van der Waals surface area contributed by atoms with E-state index >= 15 is 0 Å². The van der Waals surface area contributed by atoms with Crippen molar-refractivity contribution in [1.29, 1.82) is 0 Å². The highest BCUT2D eigenvalue weighted by molar-refractivity contribution is 9.09. The summed E-state index contributed by atoms with van der Waals surface area (Å²) in [5, 5.41) is 10.5. The molecule has 0 spiro atoms. The molecule has 0 bridgehead atoms. The summed E-state index contributed by atoms with van der Waals surface area (Å²) in [6.07, 6.45) is 21.4. The highest BCUT2D eigenvalue weighted by atomic mass is 79.9. The summed E-state index contributed by atoms with van der Waals surface area (Å²) in [5.41, 5.74) is 0. The molecule has 0 aliphatic carbocycles. The molecule has 1 N–H and O–H groups in total.